The smallest absolute Gasteiger partial charge is 0.410 e. The van der Waals surface area contributed by atoms with Gasteiger partial charge in [-0.1, -0.05) is 5.16 Å². The molecule has 1 amide bonds. The number of carbonyl (C=O) groups is 1. The first-order valence-electron chi connectivity index (χ1n) is 7.60. The molecule has 0 spiro atoms. The van der Waals surface area contributed by atoms with Crippen LogP contribution in [0.4, 0.5) is 4.79 Å². The molecule has 2 aromatic rings. The highest BCUT2D eigenvalue weighted by Gasteiger charge is 2.34. The van der Waals surface area contributed by atoms with E-state index < -0.39 is 5.60 Å². The zero-order chi connectivity index (χ0) is 16.6. The lowest BCUT2D eigenvalue weighted by atomic mass is 9.97. The number of carbonyl (C=O) groups excluding carboxylic acids is 1. The molecule has 2 aromatic heterocycles. The molecule has 23 heavy (non-hydrogen) atoms. The van der Waals surface area contributed by atoms with Gasteiger partial charge in [-0.2, -0.15) is 10.1 Å². The Balaban J connectivity index is 1.51. The maximum Gasteiger partial charge on any atom is 0.410 e. The summed E-state index contributed by atoms with van der Waals surface area (Å²) in [4.78, 5) is 17.9. The van der Waals surface area contributed by atoms with Crippen molar-refractivity contribution in [2.24, 2.45) is 13.0 Å². The predicted molar refractivity (Wildman–Crippen MR) is 81.5 cm³/mol. The number of aryl methyl sites for hydroxylation is 1. The van der Waals surface area contributed by atoms with Gasteiger partial charge >= 0.3 is 6.09 Å². The van der Waals surface area contributed by atoms with E-state index in [1.54, 1.807) is 15.8 Å². The molecule has 3 heterocycles. The monoisotopic (exact) mass is 319 g/mol. The van der Waals surface area contributed by atoms with Crippen molar-refractivity contribution in [3.05, 3.63) is 18.3 Å². The third kappa shape index (κ3) is 3.69. The van der Waals surface area contributed by atoms with Crippen molar-refractivity contribution >= 4 is 6.09 Å². The van der Waals surface area contributed by atoms with E-state index >= 15 is 0 Å². The van der Waals surface area contributed by atoms with Gasteiger partial charge in [0.1, 0.15) is 5.60 Å². The quantitative estimate of drug-likeness (QED) is 0.858. The van der Waals surface area contributed by atoms with E-state index in [1.807, 2.05) is 34.0 Å². The largest absolute Gasteiger partial charge is 0.444 e. The van der Waals surface area contributed by atoms with Crippen LogP contribution >= 0.6 is 0 Å². The summed E-state index contributed by atoms with van der Waals surface area (Å²) < 4.78 is 12.3. The summed E-state index contributed by atoms with van der Waals surface area (Å²) in [6, 6.07) is 0. The lowest BCUT2D eigenvalue weighted by Crippen LogP contribution is -2.52. The maximum atomic E-state index is 11.9. The molecule has 0 atom stereocenters. The molecule has 0 aliphatic carbocycles. The number of rotatable bonds is 3. The van der Waals surface area contributed by atoms with Crippen LogP contribution < -0.4 is 0 Å². The highest BCUT2D eigenvalue weighted by Crippen LogP contribution is 2.23. The molecule has 0 unspecified atom stereocenters. The van der Waals surface area contributed by atoms with E-state index in [0.717, 1.165) is 5.56 Å². The molecule has 8 nitrogen and oxygen atoms in total. The highest BCUT2D eigenvalue weighted by molar-refractivity contribution is 5.69. The van der Waals surface area contributed by atoms with Gasteiger partial charge in [0.2, 0.25) is 11.7 Å². The van der Waals surface area contributed by atoms with Crippen LogP contribution in [0.3, 0.4) is 0 Å². The minimum Gasteiger partial charge on any atom is -0.444 e. The van der Waals surface area contributed by atoms with Crippen molar-refractivity contribution in [1.82, 2.24) is 24.8 Å². The Hall–Kier alpha value is -2.38. The average Bonchev–Trinajstić information content (AvgIpc) is 2.99. The predicted octanol–water partition coefficient (Wildman–Crippen LogP) is 1.88. The van der Waals surface area contributed by atoms with Crippen molar-refractivity contribution in [3.63, 3.8) is 0 Å². The lowest BCUT2D eigenvalue weighted by molar-refractivity contribution is -0.00186. The molecule has 0 bridgehead atoms. The molecule has 1 aliphatic heterocycles. The third-order valence-electron chi connectivity index (χ3n) is 3.50. The Kier molecular flexibility index (Phi) is 3.83. The molecule has 0 N–H and O–H groups in total. The SMILES string of the molecule is Cn1cc(-c2noc(CC3CN(C(=O)OC(C)(C)C)C3)n2)cn1. The van der Waals surface area contributed by atoms with Crippen LogP contribution in [0.15, 0.2) is 16.9 Å². The van der Waals surface area contributed by atoms with Crippen molar-refractivity contribution in [2.75, 3.05) is 13.1 Å². The zero-order valence-electron chi connectivity index (χ0n) is 13.8. The highest BCUT2D eigenvalue weighted by atomic mass is 16.6. The van der Waals surface area contributed by atoms with E-state index in [1.165, 1.54) is 0 Å². The molecular weight excluding hydrogens is 298 g/mol. The summed E-state index contributed by atoms with van der Waals surface area (Å²) in [6.45, 7) is 6.89. The molecule has 1 saturated heterocycles. The van der Waals surface area contributed by atoms with E-state index in [-0.39, 0.29) is 6.09 Å². The average molecular weight is 319 g/mol. The van der Waals surface area contributed by atoms with E-state index in [9.17, 15) is 4.79 Å². The van der Waals surface area contributed by atoms with Gasteiger partial charge in [-0.3, -0.25) is 4.68 Å². The Morgan fingerprint density at radius 3 is 2.78 bits per heavy atom. The number of hydrogen-bond acceptors (Lipinski definition) is 6. The van der Waals surface area contributed by atoms with Gasteiger partial charge in [-0.05, 0) is 20.8 Å². The summed E-state index contributed by atoms with van der Waals surface area (Å²) in [6.07, 6.45) is 3.92. The van der Waals surface area contributed by atoms with Gasteiger partial charge in [-0.25, -0.2) is 4.79 Å². The first kappa shape index (κ1) is 15.5. The van der Waals surface area contributed by atoms with Crippen LogP contribution in [0.1, 0.15) is 26.7 Å². The number of ether oxygens (including phenoxy) is 1. The Labute approximate surface area is 134 Å². The second-order valence-electron chi connectivity index (χ2n) is 6.87. The fraction of sp³-hybridized carbons (Fsp3) is 0.600. The third-order valence-corrected chi connectivity index (χ3v) is 3.50. The molecule has 8 heteroatoms. The molecule has 124 valence electrons. The van der Waals surface area contributed by atoms with Crippen molar-refractivity contribution in [3.8, 4) is 11.4 Å². The fourth-order valence-corrected chi connectivity index (χ4v) is 2.41. The van der Waals surface area contributed by atoms with Crippen LogP contribution in [0.2, 0.25) is 0 Å². The number of nitrogens with zero attached hydrogens (tertiary/aromatic N) is 5. The Bertz CT molecular complexity index is 694. The first-order valence-corrected chi connectivity index (χ1v) is 7.60. The number of likely N-dealkylation sites (tertiary alicyclic amines) is 1. The summed E-state index contributed by atoms with van der Waals surface area (Å²) in [5.41, 5.74) is 0.360. The van der Waals surface area contributed by atoms with Crippen molar-refractivity contribution < 1.29 is 14.1 Å². The van der Waals surface area contributed by atoms with Gasteiger partial charge in [0, 0.05) is 38.7 Å². The Morgan fingerprint density at radius 1 is 1.43 bits per heavy atom. The molecule has 0 radical (unpaired) electrons. The maximum absolute atomic E-state index is 11.9. The van der Waals surface area contributed by atoms with Crippen LogP contribution in [0.25, 0.3) is 11.4 Å². The van der Waals surface area contributed by atoms with Crippen molar-refractivity contribution in [1.29, 1.82) is 0 Å². The van der Waals surface area contributed by atoms with Gasteiger partial charge < -0.3 is 14.2 Å². The summed E-state index contributed by atoms with van der Waals surface area (Å²) in [5, 5.41) is 8.06. The molecule has 1 fully saturated rings. The van der Waals surface area contributed by atoms with Crippen LogP contribution in [0, 0.1) is 5.92 Å². The molecule has 0 saturated carbocycles. The van der Waals surface area contributed by atoms with E-state index in [4.69, 9.17) is 9.26 Å². The van der Waals surface area contributed by atoms with E-state index in [2.05, 4.69) is 15.2 Å². The van der Waals surface area contributed by atoms with Gasteiger partial charge in [-0.15, -0.1) is 0 Å². The number of amides is 1. The first-order chi connectivity index (χ1) is 10.8. The molecule has 1 aliphatic rings. The van der Waals surface area contributed by atoms with Gasteiger partial charge in [0.25, 0.3) is 0 Å². The summed E-state index contributed by atoms with van der Waals surface area (Å²) >= 11 is 0. The zero-order valence-corrected chi connectivity index (χ0v) is 13.8. The standard InChI is InChI=1S/C15H21N5O3/c1-15(2,3)22-14(21)20-7-10(8-20)5-12-17-13(18-23-12)11-6-16-19(4)9-11/h6,9-10H,5,7-8H2,1-4H3. The fourth-order valence-electron chi connectivity index (χ4n) is 2.41. The van der Waals surface area contributed by atoms with Crippen LogP contribution in [-0.2, 0) is 18.2 Å². The lowest BCUT2D eigenvalue weighted by Gasteiger charge is -2.39. The normalized spacial score (nSPS) is 15.6. The van der Waals surface area contributed by atoms with Crippen molar-refractivity contribution in [2.45, 2.75) is 32.8 Å². The minimum atomic E-state index is -0.465. The second-order valence-corrected chi connectivity index (χ2v) is 6.87. The minimum absolute atomic E-state index is 0.268. The Morgan fingerprint density at radius 2 is 2.17 bits per heavy atom. The second kappa shape index (κ2) is 5.68. The van der Waals surface area contributed by atoms with Crippen LogP contribution in [-0.4, -0.2) is 49.6 Å². The molecule has 0 aromatic carbocycles. The summed E-state index contributed by atoms with van der Waals surface area (Å²) in [7, 11) is 1.84. The summed E-state index contributed by atoms with van der Waals surface area (Å²) in [5.74, 6) is 1.44. The van der Waals surface area contributed by atoms with E-state index in [0.29, 0.717) is 37.1 Å². The number of aromatic nitrogens is 4. The van der Waals surface area contributed by atoms with Gasteiger partial charge in [0.15, 0.2) is 0 Å². The molecular formula is C15H21N5O3. The van der Waals surface area contributed by atoms with Crippen LogP contribution in [0.5, 0.6) is 0 Å². The topological polar surface area (TPSA) is 86.3 Å². The van der Waals surface area contributed by atoms with Gasteiger partial charge in [0.05, 0.1) is 11.8 Å². The number of hydrogen-bond donors (Lipinski definition) is 0. The molecule has 3 rings (SSSR count).